The van der Waals surface area contributed by atoms with Crippen LogP contribution in [0, 0.1) is 0 Å². The number of cyclic esters (lactones) is 1. The van der Waals surface area contributed by atoms with Crippen LogP contribution in [0.5, 0.6) is 5.75 Å². The van der Waals surface area contributed by atoms with E-state index in [2.05, 4.69) is 0 Å². The molecule has 1 N–H and O–H groups in total. The fourth-order valence-corrected chi connectivity index (χ4v) is 1.71. The minimum Gasteiger partial charge on any atom is -0.502 e. The first-order valence-corrected chi connectivity index (χ1v) is 4.95. The molecule has 2 rings (SSSR count). The summed E-state index contributed by atoms with van der Waals surface area (Å²) in [5, 5.41) is 9.56. The van der Waals surface area contributed by atoms with Crippen molar-refractivity contribution in [2.45, 2.75) is 6.10 Å². The van der Waals surface area contributed by atoms with Crippen molar-refractivity contribution in [1.82, 2.24) is 0 Å². The van der Waals surface area contributed by atoms with E-state index in [1.807, 2.05) is 0 Å². The largest absolute Gasteiger partial charge is 0.502 e. The summed E-state index contributed by atoms with van der Waals surface area (Å²) < 4.78 is 9.91. The molecule has 0 aliphatic carbocycles. The molecular weight excluding hydrogens is 232 g/mol. The van der Waals surface area contributed by atoms with Crippen molar-refractivity contribution in [2.75, 3.05) is 7.11 Å². The molecule has 0 saturated heterocycles. The highest BCUT2D eigenvalue weighted by atomic mass is 35.5. The fourth-order valence-electron chi connectivity index (χ4n) is 1.45. The third-order valence-electron chi connectivity index (χ3n) is 2.26. The third kappa shape index (κ3) is 1.84. The number of esters is 1. The van der Waals surface area contributed by atoms with E-state index in [1.165, 1.54) is 13.2 Å². The summed E-state index contributed by atoms with van der Waals surface area (Å²) in [4.78, 5) is 11.0. The molecule has 1 aliphatic rings. The van der Waals surface area contributed by atoms with Crippen LogP contribution in [-0.4, -0.2) is 18.2 Å². The molecule has 1 aromatic rings. The number of aliphatic hydroxyl groups is 1. The third-order valence-corrected chi connectivity index (χ3v) is 2.55. The van der Waals surface area contributed by atoms with Crippen molar-refractivity contribution >= 4 is 17.6 Å². The standard InChI is InChI=1S/C11H9ClO4/c1-15-9-3-2-6(4-7(9)12)10-5-8(13)11(14)16-10/h2-5,10,13H,1H3. The molecule has 1 atom stereocenters. The lowest BCUT2D eigenvalue weighted by Crippen LogP contribution is -2.02. The molecule has 0 amide bonds. The highest BCUT2D eigenvalue weighted by Crippen LogP contribution is 2.32. The summed E-state index contributed by atoms with van der Waals surface area (Å²) in [6.45, 7) is 0. The second-order valence-electron chi connectivity index (χ2n) is 3.27. The van der Waals surface area contributed by atoms with Gasteiger partial charge in [-0.25, -0.2) is 4.79 Å². The number of carbonyl (C=O) groups is 1. The van der Waals surface area contributed by atoms with Crippen LogP contribution in [0.2, 0.25) is 5.02 Å². The van der Waals surface area contributed by atoms with Gasteiger partial charge in [-0.15, -0.1) is 0 Å². The summed E-state index contributed by atoms with van der Waals surface area (Å²) >= 11 is 5.93. The molecule has 84 valence electrons. The Balaban J connectivity index is 2.30. The van der Waals surface area contributed by atoms with Crippen molar-refractivity contribution in [2.24, 2.45) is 0 Å². The lowest BCUT2D eigenvalue weighted by atomic mass is 10.1. The van der Waals surface area contributed by atoms with E-state index in [1.54, 1.807) is 18.2 Å². The summed E-state index contributed by atoms with van der Waals surface area (Å²) in [7, 11) is 1.52. The van der Waals surface area contributed by atoms with Gasteiger partial charge in [0, 0.05) is 6.08 Å². The zero-order chi connectivity index (χ0) is 11.7. The molecule has 0 bridgehead atoms. The Labute approximate surface area is 97.0 Å². The van der Waals surface area contributed by atoms with Crippen LogP contribution in [0.25, 0.3) is 0 Å². The molecule has 4 nitrogen and oxygen atoms in total. The smallest absolute Gasteiger partial charge is 0.374 e. The Morgan fingerprint density at radius 3 is 2.75 bits per heavy atom. The Hall–Kier alpha value is -1.68. The van der Waals surface area contributed by atoms with E-state index in [0.717, 1.165) is 0 Å². The fraction of sp³-hybridized carbons (Fsp3) is 0.182. The second-order valence-corrected chi connectivity index (χ2v) is 3.68. The van der Waals surface area contributed by atoms with Gasteiger partial charge >= 0.3 is 5.97 Å². The molecule has 0 spiro atoms. The minimum atomic E-state index is -0.725. The van der Waals surface area contributed by atoms with Crippen LogP contribution in [0.1, 0.15) is 11.7 Å². The van der Waals surface area contributed by atoms with Gasteiger partial charge in [-0.1, -0.05) is 17.7 Å². The number of aliphatic hydroxyl groups excluding tert-OH is 1. The normalized spacial score (nSPS) is 19.2. The maximum absolute atomic E-state index is 11.0. The van der Waals surface area contributed by atoms with Gasteiger partial charge in [-0.05, 0) is 17.7 Å². The molecule has 5 heteroatoms. The maximum Gasteiger partial charge on any atom is 0.374 e. The molecule has 1 heterocycles. The van der Waals surface area contributed by atoms with Gasteiger partial charge < -0.3 is 14.6 Å². The zero-order valence-corrected chi connectivity index (χ0v) is 9.19. The Kier molecular flexibility index (Phi) is 2.75. The molecule has 0 fully saturated rings. The van der Waals surface area contributed by atoms with Crippen molar-refractivity contribution in [3.8, 4) is 5.75 Å². The number of halogens is 1. The number of hydrogen-bond donors (Lipinski definition) is 1. The first-order valence-electron chi connectivity index (χ1n) is 4.57. The predicted molar refractivity (Wildman–Crippen MR) is 57.5 cm³/mol. The van der Waals surface area contributed by atoms with Gasteiger partial charge in [0.2, 0.25) is 5.76 Å². The maximum atomic E-state index is 11.0. The predicted octanol–water partition coefficient (Wildman–Crippen LogP) is 2.39. The van der Waals surface area contributed by atoms with Crippen LogP contribution in [0.15, 0.2) is 30.0 Å². The Morgan fingerprint density at radius 2 is 2.25 bits per heavy atom. The minimum absolute atomic E-state index is 0.378. The highest BCUT2D eigenvalue weighted by Gasteiger charge is 2.26. The van der Waals surface area contributed by atoms with Gasteiger partial charge in [-0.2, -0.15) is 0 Å². The quantitative estimate of drug-likeness (QED) is 0.807. The van der Waals surface area contributed by atoms with Gasteiger partial charge in [0.25, 0.3) is 0 Å². The van der Waals surface area contributed by atoms with Crippen LogP contribution < -0.4 is 4.74 Å². The number of methoxy groups -OCH3 is 1. The molecule has 1 aliphatic heterocycles. The monoisotopic (exact) mass is 240 g/mol. The van der Waals surface area contributed by atoms with E-state index in [4.69, 9.17) is 26.2 Å². The molecule has 0 radical (unpaired) electrons. The van der Waals surface area contributed by atoms with Crippen molar-refractivity contribution < 1.29 is 19.4 Å². The van der Waals surface area contributed by atoms with Gasteiger partial charge in [-0.3, -0.25) is 0 Å². The van der Waals surface area contributed by atoms with Gasteiger partial charge in [0.05, 0.1) is 12.1 Å². The first-order chi connectivity index (χ1) is 7.61. The van der Waals surface area contributed by atoms with Crippen molar-refractivity contribution in [3.05, 3.63) is 40.6 Å². The average molecular weight is 241 g/mol. The molecule has 0 aromatic heterocycles. The topological polar surface area (TPSA) is 55.8 Å². The average Bonchev–Trinajstić information content (AvgIpc) is 2.59. The molecule has 0 saturated carbocycles. The van der Waals surface area contributed by atoms with Crippen LogP contribution in [0.3, 0.4) is 0 Å². The van der Waals surface area contributed by atoms with Crippen molar-refractivity contribution in [3.63, 3.8) is 0 Å². The summed E-state index contributed by atoms with van der Waals surface area (Å²) in [5.41, 5.74) is 0.684. The van der Waals surface area contributed by atoms with E-state index < -0.39 is 12.1 Å². The number of carbonyl (C=O) groups excluding carboxylic acids is 1. The lowest BCUT2D eigenvalue weighted by molar-refractivity contribution is -0.142. The molecule has 1 aromatic carbocycles. The number of ether oxygens (including phenoxy) is 2. The van der Waals surface area contributed by atoms with E-state index in [9.17, 15) is 4.79 Å². The molecule has 16 heavy (non-hydrogen) atoms. The number of benzene rings is 1. The second kappa shape index (κ2) is 4.06. The molecule has 1 unspecified atom stereocenters. The summed E-state index contributed by atoms with van der Waals surface area (Å²) in [6.07, 6.45) is 0.747. The van der Waals surface area contributed by atoms with Crippen LogP contribution >= 0.6 is 11.6 Å². The summed E-state index contributed by atoms with van der Waals surface area (Å²) in [6, 6.07) is 5.03. The summed E-state index contributed by atoms with van der Waals surface area (Å²) in [5.74, 6) is -0.558. The first kappa shape index (κ1) is 10.8. The van der Waals surface area contributed by atoms with Crippen LogP contribution in [0.4, 0.5) is 0 Å². The zero-order valence-electron chi connectivity index (χ0n) is 8.44. The number of hydrogen-bond acceptors (Lipinski definition) is 4. The van der Waals surface area contributed by atoms with E-state index in [0.29, 0.717) is 16.3 Å². The van der Waals surface area contributed by atoms with E-state index in [-0.39, 0.29) is 5.76 Å². The van der Waals surface area contributed by atoms with Gasteiger partial charge in [0.1, 0.15) is 11.9 Å². The highest BCUT2D eigenvalue weighted by molar-refractivity contribution is 6.32. The number of rotatable bonds is 2. The van der Waals surface area contributed by atoms with E-state index >= 15 is 0 Å². The lowest BCUT2D eigenvalue weighted by Gasteiger charge is -2.10. The Morgan fingerprint density at radius 1 is 1.50 bits per heavy atom. The van der Waals surface area contributed by atoms with Crippen molar-refractivity contribution in [1.29, 1.82) is 0 Å². The SMILES string of the molecule is COc1ccc(C2C=C(O)C(=O)O2)cc1Cl. The van der Waals surface area contributed by atoms with Gasteiger partial charge in [0.15, 0.2) is 0 Å². The Bertz CT molecular complexity index is 467. The van der Waals surface area contributed by atoms with Crippen LogP contribution in [-0.2, 0) is 9.53 Å². The molecular formula is C11H9ClO4.